The lowest BCUT2D eigenvalue weighted by Crippen LogP contribution is -2.37. The number of rotatable bonds is 9. The zero-order valence-electron chi connectivity index (χ0n) is 12.9. The lowest BCUT2D eigenvalue weighted by molar-refractivity contribution is -0.0746. The number of ether oxygens (including phenoxy) is 1. The molecule has 120 valence electrons. The average Bonchev–Trinajstić information content (AvgIpc) is 2.45. The zero-order valence-corrected chi connectivity index (χ0v) is 13.7. The summed E-state index contributed by atoms with van der Waals surface area (Å²) in [6, 6.07) is 0. The maximum Gasteiger partial charge on any atom is 0.150 e. The highest BCUT2D eigenvalue weighted by Gasteiger charge is 2.29. The largest absolute Gasteiger partial charge is 0.390 e. The van der Waals surface area contributed by atoms with Crippen LogP contribution in [0.25, 0.3) is 0 Å². The number of aliphatic hydroxyl groups excluding tert-OH is 1. The Morgan fingerprint density at radius 3 is 2.40 bits per heavy atom. The van der Waals surface area contributed by atoms with Crippen LogP contribution in [0.4, 0.5) is 0 Å². The Kier molecular flexibility index (Phi) is 8.07. The minimum atomic E-state index is -2.93. The van der Waals surface area contributed by atoms with Gasteiger partial charge in [-0.3, -0.25) is 0 Å². The van der Waals surface area contributed by atoms with Gasteiger partial charge in [-0.1, -0.05) is 26.2 Å². The van der Waals surface area contributed by atoms with Crippen molar-refractivity contribution in [3.05, 3.63) is 0 Å². The van der Waals surface area contributed by atoms with Crippen molar-refractivity contribution in [1.29, 1.82) is 0 Å². The highest BCUT2D eigenvalue weighted by molar-refractivity contribution is 7.91. The van der Waals surface area contributed by atoms with E-state index < -0.39 is 15.9 Å². The van der Waals surface area contributed by atoms with Crippen LogP contribution in [0, 0.1) is 5.92 Å². The van der Waals surface area contributed by atoms with E-state index in [1.165, 1.54) is 19.3 Å². The number of hydrogen-bond acceptors (Lipinski definition) is 4. The van der Waals surface area contributed by atoms with Crippen LogP contribution in [-0.4, -0.2) is 43.8 Å². The SMILES string of the molecule is CCOC(C(O)CCCS(=O)(=O)CC)C1CCCCC1. The molecule has 0 aromatic heterocycles. The molecule has 2 unspecified atom stereocenters. The molecule has 0 aromatic rings. The topological polar surface area (TPSA) is 63.6 Å². The van der Waals surface area contributed by atoms with Gasteiger partial charge in [0.25, 0.3) is 0 Å². The van der Waals surface area contributed by atoms with E-state index in [1.807, 2.05) is 6.92 Å². The van der Waals surface area contributed by atoms with E-state index in [0.29, 0.717) is 25.4 Å². The summed E-state index contributed by atoms with van der Waals surface area (Å²) in [5.74, 6) is 0.784. The van der Waals surface area contributed by atoms with Crippen molar-refractivity contribution in [3.63, 3.8) is 0 Å². The molecular weight excluding hydrogens is 276 g/mol. The first kappa shape index (κ1) is 17.9. The highest BCUT2D eigenvalue weighted by atomic mass is 32.2. The van der Waals surface area contributed by atoms with Crippen LogP contribution in [0.2, 0.25) is 0 Å². The summed E-state index contributed by atoms with van der Waals surface area (Å²) in [5, 5.41) is 10.3. The molecule has 1 fully saturated rings. The van der Waals surface area contributed by atoms with E-state index in [1.54, 1.807) is 6.92 Å². The summed E-state index contributed by atoms with van der Waals surface area (Å²) in [6.07, 6.45) is 6.32. The fraction of sp³-hybridized carbons (Fsp3) is 1.00. The molecule has 2 atom stereocenters. The van der Waals surface area contributed by atoms with Crippen molar-refractivity contribution in [2.45, 2.75) is 71.0 Å². The van der Waals surface area contributed by atoms with Crippen molar-refractivity contribution in [2.75, 3.05) is 18.1 Å². The van der Waals surface area contributed by atoms with Crippen molar-refractivity contribution < 1.29 is 18.3 Å². The Labute approximate surface area is 123 Å². The molecule has 0 aliphatic heterocycles. The molecule has 1 N–H and O–H groups in total. The van der Waals surface area contributed by atoms with Gasteiger partial charge in [-0.15, -0.1) is 0 Å². The minimum absolute atomic E-state index is 0.121. The molecule has 0 amide bonds. The third-order valence-corrected chi connectivity index (χ3v) is 6.04. The molecule has 1 rings (SSSR count). The van der Waals surface area contributed by atoms with Gasteiger partial charge in [-0.25, -0.2) is 8.42 Å². The summed E-state index contributed by atoms with van der Waals surface area (Å²) >= 11 is 0. The lowest BCUT2D eigenvalue weighted by atomic mass is 9.82. The summed E-state index contributed by atoms with van der Waals surface area (Å²) in [4.78, 5) is 0. The number of aliphatic hydroxyl groups is 1. The second-order valence-corrected chi connectivity index (χ2v) is 8.24. The molecule has 1 saturated carbocycles. The van der Waals surface area contributed by atoms with E-state index in [9.17, 15) is 13.5 Å². The van der Waals surface area contributed by atoms with Crippen LogP contribution in [0.5, 0.6) is 0 Å². The second-order valence-electron chi connectivity index (χ2n) is 5.76. The number of hydrogen-bond donors (Lipinski definition) is 1. The quantitative estimate of drug-likeness (QED) is 0.711. The van der Waals surface area contributed by atoms with E-state index in [2.05, 4.69) is 0 Å². The fourth-order valence-electron chi connectivity index (χ4n) is 3.04. The molecule has 0 aromatic carbocycles. The molecule has 4 nitrogen and oxygen atoms in total. The van der Waals surface area contributed by atoms with Gasteiger partial charge in [0.2, 0.25) is 0 Å². The smallest absolute Gasteiger partial charge is 0.150 e. The Bertz CT molecular complexity index is 347. The first-order valence-electron chi connectivity index (χ1n) is 8.00. The molecule has 0 bridgehead atoms. The predicted molar refractivity (Wildman–Crippen MR) is 81.6 cm³/mol. The summed E-state index contributed by atoms with van der Waals surface area (Å²) in [7, 11) is -2.93. The normalized spacial score (nSPS) is 20.8. The molecule has 1 aliphatic carbocycles. The van der Waals surface area contributed by atoms with Crippen LogP contribution < -0.4 is 0 Å². The van der Waals surface area contributed by atoms with Gasteiger partial charge in [-0.05, 0) is 38.5 Å². The molecule has 5 heteroatoms. The van der Waals surface area contributed by atoms with Crippen LogP contribution in [0.15, 0.2) is 0 Å². The fourth-order valence-corrected chi connectivity index (χ4v) is 3.93. The third kappa shape index (κ3) is 6.10. The molecule has 0 heterocycles. The molecule has 0 saturated heterocycles. The monoisotopic (exact) mass is 306 g/mol. The van der Waals surface area contributed by atoms with E-state index >= 15 is 0 Å². The summed E-state index contributed by atoms with van der Waals surface area (Å²) in [6.45, 7) is 4.21. The van der Waals surface area contributed by atoms with Crippen LogP contribution in [0.1, 0.15) is 58.8 Å². The van der Waals surface area contributed by atoms with Gasteiger partial charge in [0.05, 0.1) is 18.0 Å². The van der Waals surface area contributed by atoms with Gasteiger partial charge >= 0.3 is 0 Å². The van der Waals surface area contributed by atoms with Gasteiger partial charge < -0.3 is 9.84 Å². The predicted octanol–water partition coefficient (Wildman–Crippen LogP) is 2.55. The zero-order chi connectivity index (χ0) is 15.0. The van der Waals surface area contributed by atoms with Crippen LogP contribution in [-0.2, 0) is 14.6 Å². The number of sulfone groups is 1. The Morgan fingerprint density at radius 2 is 1.85 bits per heavy atom. The third-order valence-electron chi connectivity index (χ3n) is 4.25. The maximum atomic E-state index is 11.5. The molecule has 0 radical (unpaired) electrons. The molecule has 20 heavy (non-hydrogen) atoms. The Morgan fingerprint density at radius 1 is 1.20 bits per heavy atom. The van der Waals surface area contributed by atoms with Gasteiger partial charge in [0.1, 0.15) is 9.84 Å². The van der Waals surface area contributed by atoms with Crippen LogP contribution >= 0.6 is 0 Å². The summed E-state index contributed by atoms with van der Waals surface area (Å²) in [5.41, 5.74) is 0. The average molecular weight is 306 g/mol. The second kappa shape index (κ2) is 9.00. The van der Waals surface area contributed by atoms with Crippen LogP contribution in [0.3, 0.4) is 0 Å². The minimum Gasteiger partial charge on any atom is -0.390 e. The first-order chi connectivity index (χ1) is 9.50. The molecule has 1 aliphatic rings. The lowest BCUT2D eigenvalue weighted by Gasteiger charge is -2.33. The van der Waals surface area contributed by atoms with E-state index in [-0.39, 0.29) is 17.6 Å². The Hall–Kier alpha value is -0.130. The standard InChI is InChI=1S/C15H30O4S/c1-3-19-15(13-9-6-5-7-10-13)14(16)11-8-12-20(17,18)4-2/h13-16H,3-12H2,1-2H3. The van der Waals surface area contributed by atoms with Crippen molar-refractivity contribution in [2.24, 2.45) is 5.92 Å². The maximum absolute atomic E-state index is 11.5. The highest BCUT2D eigenvalue weighted by Crippen LogP contribution is 2.30. The Balaban J connectivity index is 2.44. The molecule has 0 spiro atoms. The van der Waals surface area contributed by atoms with Crippen molar-refractivity contribution >= 4 is 9.84 Å². The van der Waals surface area contributed by atoms with Crippen molar-refractivity contribution in [3.8, 4) is 0 Å². The first-order valence-corrected chi connectivity index (χ1v) is 9.82. The van der Waals surface area contributed by atoms with Gasteiger partial charge in [0, 0.05) is 12.4 Å². The van der Waals surface area contributed by atoms with Gasteiger partial charge in [-0.2, -0.15) is 0 Å². The van der Waals surface area contributed by atoms with E-state index in [4.69, 9.17) is 4.74 Å². The summed E-state index contributed by atoms with van der Waals surface area (Å²) < 4.78 is 28.7. The van der Waals surface area contributed by atoms with E-state index in [0.717, 1.165) is 12.8 Å². The van der Waals surface area contributed by atoms with Crippen molar-refractivity contribution in [1.82, 2.24) is 0 Å². The van der Waals surface area contributed by atoms with Gasteiger partial charge in [0.15, 0.2) is 0 Å². The molecular formula is C15H30O4S.